The summed E-state index contributed by atoms with van der Waals surface area (Å²) < 4.78 is 5.27. The van der Waals surface area contributed by atoms with Gasteiger partial charge in [0.2, 0.25) is 0 Å². The van der Waals surface area contributed by atoms with Crippen LogP contribution in [0.2, 0.25) is 5.02 Å². The van der Waals surface area contributed by atoms with Gasteiger partial charge in [0, 0.05) is 10.7 Å². The fourth-order valence-corrected chi connectivity index (χ4v) is 2.43. The van der Waals surface area contributed by atoms with E-state index in [1.54, 1.807) is 6.07 Å². The Labute approximate surface area is 124 Å². The highest BCUT2D eigenvalue weighted by Crippen LogP contribution is 2.49. The molecule has 20 heavy (non-hydrogen) atoms. The molecule has 1 aromatic rings. The fourth-order valence-electron chi connectivity index (χ4n) is 2.26. The summed E-state index contributed by atoms with van der Waals surface area (Å²) >= 11 is 6.01. The average molecular weight is 297 g/mol. The number of carbonyl (C=O) groups is 1. The highest BCUT2D eigenvalue weighted by Gasteiger charge is 2.38. The minimum atomic E-state index is -0.526. The molecular formula is C15H21ClN2O2. The predicted molar refractivity (Wildman–Crippen MR) is 81.2 cm³/mol. The van der Waals surface area contributed by atoms with E-state index in [1.165, 1.54) is 0 Å². The zero-order valence-electron chi connectivity index (χ0n) is 12.1. The van der Waals surface area contributed by atoms with Crippen LogP contribution in [0.25, 0.3) is 0 Å². The molecule has 3 N–H and O–H groups in total. The monoisotopic (exact) mass is 296 g/mol. The lowest BCUT2D eigenvalue weighted by molar-refractivity contribution is 0.0636. The smallest absolute Gasteiger partial charge is 0.412 e. The van der Waals surface area contributed by atoms with E-state index in [9.17, 15) is 4.79 Å². The molecule has 2 unspecified atom stereocenters. The summed E-state index contributed by atoms with van der Waals surface area (Å²) in [5.41, 5.74) is 6.96. The van der Waals surface area contributed by atoms with Crippen LogP contribution in [0.4, 0.5) is 10.5 Å². The first-order valence-corrected chi connectivity index (χ1v) is 7.17. The van der Waals surface area contributed by atoms with Gasteiger partial charge in [-0.2, -0.15) is 0 Å². The van der Waals surface area contributed by atoms with Gasteiger partial charge in [0.15, 0.2) is 0 Å². The molecule has 0 aromatic heterocycles. The summed E-state index contributed by atoms with van der Waals surface area (Å²) in [7, 11) is 0. The summed E-state index contributed by atoms with van der Waals surface area (Å²) in [5, 5.41) is 3.38. The van der Waals surface area contributed by atoms with Crippen molar-refractivity contribution in [1.82, 2.24) is 0 Å². The van der Waals surface area contributed by atoms with Gasteiger partial charge in [-0.05, 0) is 63.3 Å². The van der Waals surface area contributed by atoms with Gasteiger partial charge in [-0.25, -0.2) is 4.79 Å². The second kappa shape index (κ2) is 5.62. The molecule has 0 spiro atoms. The molecule has 0 saturated heterocycles. The Morgan fingerprint density at radius 2 is 2.20 bits per heavy atom. The first-order chi connectivity index (χ1) is 9.30. The van der Waals surface area contributed by atoms with Crippen LogP contribution in [-0.4, -0.2) is 18.2 Å². The number of halogens is 1. The highest BCUT2D eigenvalue weighted by atomic mass is 35.5. The Hall–Kier alpha value is -1.26. The summed E-state index contributed by atoms with van der Waals surface area (Å²) in [6, 6.07) is 5.55. The topological polar surface area (TPSA) is 64.3 Å². The Morgan fingerprint density at radius 1 is 1.50 bits per heavy atom. The normalized spacial score (nSPS) is 21.4. The second-order valence-electron chi connectivity index (χ2n) is 6.20. The van der Waals surface area contributed by atoms with Crippen LogP contribution in [-0.2, 0) is 4.74 Å². The van der Waals surface area contributed by atoms with E-state index in [0.717, 1.165) is 12.0 Å². The van der Waals surface area contributed by atoms with Crippen LogP contribution >= 0.6 is 11.6 Å². The Kier molecular flexibility index (Phi) is 4.25. The largest absolute Gasteiger partial charge is 0.444 e. The molecule has 1 aliphatic rings. The number of hydrogen-bond donors (Lipinski definition) is 2. The van der Waals surface area contributed by atoms with Gasteiger partial charge in [0.25, 0.3) is 0 Å². The molecule has 1 saturated carbocycles. The van der Waals surface area contributed by atoms with Gasteiger partial charge in [0.1, 0.15) is 5.60 Å². The minimum Gasteiger partial charge on any atom is -0.444 e. The molecule has 1 aliphatic carbocycles. The zero-order valence-corrected chi connectivity index (χ0v) is 12.8. The molecule has 0 radical (unpaired) electrons. The van der Waals surface area contributed by atoms with Crippen LogP contribution in [0.15, 0.2) is 18.2 Å². The van der Waals surface area contributed by atoms with E-state index in [4.69, 9.17) is 22.1 Å². The van der Waals surface area contributed by atoms with E-state index < -0.39 is 11.7 Å². The standard InChI is InChI=1S/C15H21ClN2O2/c1-15(2,3)20-14(19)18-13-7-10(16)4-5-11(13)12-6-9(12)8-17/h4-5,7,9,12H,6,8,17H2,1-3H3,(H,18,19). The number of amides is 1. The summed E-state index contributed by atoms with van der Waals surface area (Å²) in [5.74, 6) is 0.901. The van der Waals surface area contributed by atoms with Crippen molar-refractivity contribution < 1.29 is 9.53 Å². The highest BCUT2D eigenvalue weighted by molar-refractivity contribution is 6.31. The van der Waals surface area contributed by atoms with Gasteiger partial charge >= 0.3 is 6.09 Å². The summed E-state index contributed by atoms with van der Waals surface area (Å²) in [6.45, 7) is 6.16. The number of hydrogen-bond acceptors (Lipinski definition) is 3. The maximum absolute atomic E-state index is 11.9. The number of benzene rings is 1. The van der Waals surface area contributed by atoms with E-state index in [-0.39, 0.29) is 0 Å². The van der Waals surface area contributed by atoms with Crippen molar-refractivity contribution in [1.29, 1.82) is 0 Å². The Balaban J connectivity index is 2.14. The molecule has 1 fully saturated rings. The number of rotatable bonds is 3. The van der Waals surface area contributed by atoms with E-state index in [0.29, 0.717) is 29.1 Å². The number of nitrogens with one attached hydrogen (secondary N) is 1. The molecule has 2 rings (SSSR count). The van der Waals surface area contributed by atoms with Gasteiger partial charge in [-0.1, -0.05) is 17.7 Å². The van der Waals surface area contributed by atoms with Crippen LogP contribution in [0.3, 0.4) is 0 Å². The number of ether oxygens (including phenoxy) is 1. The molecule has 4 nitrogen and oxygen atoms in total. The van der Waals surface area contributed by atoms with Gasteiger partial charge in [-0.15, -0.1) is 0 Å². The molecular weight excluding hydrogens is 276 g/mol. The zero-order chi connectivity index (χ0) is 14.9. The molecule has 0 bridgehead atoms. The third-order valence-corrected chi connectivity index (χ3v) is 3.51. The predicted octanol–water partition coefficient (Wildman–Crippen LogP) is 3.75. The van der Waals surface area contributed by atoms with Crippen molar-refractivity contribution in [3.63, 3.8) is 0 Å². The maximum Gasteiger partial charge on any atom is 0.412 e. The average Bonchev–Trinajstić information content (AvgIpc) is 3.05. The SMILES string of the molecule is CC(C)(C)OC(=O)Nc1cc(Cl)ccc1C1CC1CN. The van der Waals surface area contributed by atoms with Crippen LogP contribution in [0, 0.1) is 5.92 Å². The molecule has 2 atom stereocenters. The van der Waals surface area contributed by atoms with Crippen molar-refractivity contribution in [2.75, 3.05) is 11.9 Å². The lowest BCUT2D eigenvalue weighted by Gasteiger charge is -2.20. The van der Waals surface area contributed by atoms with E-state index >= 15 is 0 Å². The van der Waals surface area contributed by atoms with Gasteiger partial charge in [0.05, 0.1) is 0 Å². The van der Waals surface area contributed by atoms with Crippen molar-refractivity contribution >= 4 is 23.4 Å². The third-order valence-electron chi connectivity index (χ3n) is 3.28. The van der Waals surface area contributed by atoms with Crippen molar-refractivity contribution in [2.45, 2.75) is 38.7 Å². The second-order valence-corrected chi connectivity index (χ2v) is 6.63. The summed E-state index contributed by atoms with van der Waals surface area (Å²) in [4.78, 5) is 11.9. The molecule has 5 heteroatoms. The molecule has 0 aliphatic heterocycles. The van der Waals surface area contributed by atoms with E-state index in [1.807, 2.05) is 32.9 Å². The van der Waals surface area contributed by atoms with Crippen LogP contribution in [0.5, 0.6) is 0 Å². The Morgan fingerprint density at radius 3 is 2.75 bits per heavy atom. The van der Waals surface area contributed by atoms with Crippen molar-refractivity contribution in [3.8, 4) is 0 Å². The molecule has 1 aromatic carbocycles. The van der Waals surface area contributed by atoms with E-state index in [2.05, 4.69) is 5.32 Å². The van der Waals surface area contributed by atoms with Crippen molar-refractivity contribution in [3.05, 3.63) is 28.8 Å². The fraction of sp³-hybridized carbons (Fsp3) is 0.533. The lowest BCUT2D eigenvalue weighted by Crippen LogP contribution is -2.27. The lowest BCUT2D eigenvalue weighted by atomic mass is 10.1. The van der Waals surface area contributed by atoms with Gasteiger partial charge in [-0.3, -0.25) is 5.32 Å². The van der Waals surface area contributed by atoms with Gasteiger partial charge < -0.3 is 10.5 Å². The number of nitrogens with two attached hydrogens (primary N) is 1. The molecule has 1 amide bonds. The minimum absolute atomic E-state index is 0.405. The molecule has 110 valence electrons. The van der Waals surface area contributed by atoms with Crippen LogP contribution < -0.4 is 11.1 Å². The van der Waals surface area contributed by atoms with Crippen molar-refractivity contribution in [2.24, 2.45) is 11.7 Å². The first kappa shape index (κ1) is 15.1. The summed E-state index contributed by atoms with van der Waals surface area (Å²) in [6.07, 6.45) is 0.590. The van der Waals surface area contributed by atoms with Crippen LogP contribution in [0.1, 0.15) is 38.7 Å². The third kappa shape index (κ3) is 3.87. The number of carbonyl (C=O) groups excluding carboxylic acids is 1. The molecule has 0 heterocycles. The maximum atomic E-state index is 11.9. The quantitative estimate of drug-likeness (QED) is 0.893. The first-order valence-electron chi connectivity index (χ1n) is 6.79. The Bertz CT molecular complexity index is 511. The number of anilines is 1.